The molecular weight excluding hydrogens is 203 g/mol. The van der Waals surface area contributed by atoms with Gasteiger partial charge in [-0.05, 0) is 12.8 Å². The van der Waals surface area contributed by atoms with Crippen LogP contribution in [0.25, 0.3) is 0 Å². The molecule has 13 heavy (non-hydrogen) atoms. The average Bonchev–Trinajstić information content (AvgIpc) is 2.02. The standard InChI is InChI=1S/C6H14N2O3S.Na.H/c7-12(9,10)11-8-6-4-2-1-3-5-6;;/h6,8H,1-5H2,(H2,7,9,10);;. The SMILES string of the molecule is NS(=O)(=O)ONC1CCCCC1.[NaH]. The van der Waals surface area contributed by atoms with Gasteiger partial charge in [-0.2, -0.15) is 18.2 Å². The van der Waals surface area contributed by atoms with E-state index in [0.29, 0.717) is 0 Å². The molecule has 0 amide bonds. The number of hydroxylamine groups is 1. The van der Waals surface area contributed by atoms with Crippen molar-refractivity contribution in [2.75, 3.05) is 0 Å². The van der Waals surface area contributed by atoms with Crippen LogP contribution >= 0.6 is 0 Å². The topological polar surface area (TPSA) is 81.4 Å². The van der Waals surface area contributed by atoms with Gasteiger partial charge in [0.15, 0.2) is 0 Å². The minimum atomic E-state index is -3.83. The van der Waals surface area contributed by atoms with Crippen molar-refractivity contribution in [2.24, 2.45) is 5.14 Å². The second-order valence-corrected chi connectivity index (χ2v) is 4.18. The molecule has 0 bridgehead atoms. The van der Waals surface area contributed by atoms with Crippen molar-refractivity contribution in [2.45, 2.75) is 38.1 Å². The second-order valence-electron chi connectivity index (χ2n) is 3.03. The third-order valence-corrected chi connectivity index (χ3v) is 2.26. The Morgan fingerprint density at radius 1 is 1.23 bits per heavy atom. The zero-order valence-corrected chi connectivity index (χ0v) is 7.64. The molecule has 0 aliphatic heterocycles. The summed E-state index contributed by atoms with van der Waals surface area (Å²) in [5.74, 6) is 0. The van der Waals surface area contributed by atoms with Gasteiger partial charge < -0.3 is 0 Å². The van der Waals surface area contributed by atoms with Crippen LogP contribution in [-0.2, 0) is 14.6 Å². The Morgan fingerprint density at radius 3 is 2.23 bits per heavy atom. The zero-order chi connectivity index (χ0) is 9.03. The van der Waals surface area contributed by atoms with Gasteiger partial charge in [0.1, 0.15) is 0 Å². The van der Waals surface area contributed by atoms with Gasteiger partial charge in [0.2, 0.25) is 0 Å². The van der Waals surface area contributed by atoms with Crippen LogP contribution in [0.2, 0.25) is 0 Å². The number of hydrogen-bond acceptors (Lipinski definition) is 4. The first-order valence-corrected chi connectivity index (χ1v) is 5.52. The molecule has 1 saturated carbocycles. The van der Waals surface area contributed by atoms with E-state index in [4.69, 9.17) is 0 Å². The summed E-state index contributed by atoms with van der Waals surface area (Å²) in [6.45, 7) is 0. The molecule has 3 N–H and O–H groups in total. The fourth-order valence-corrected chi connectivity index (χ4v) is 1.63. The van der Waals surface area contributed by atoms with Gasteiger partial charge in [0.25, 0.3) is 0 Å². The van der Waals surface area contributed by atoms with E-state index in [1.807, 2.05) is 0 Å². The first-order chi connectivity index (χ1) is 5.58. The molecular formula is C6H15N2NaO3S. The molecule has 0 aromatic carbocycles. The van der Waals surface area contributed by atoms with Gasteiger partial charge in [0.05, 0.1) is 0 Å². The van der Waals surface area contributed by atoms with Gasteiger partial charge in [-0.3, -0.25) is 0 Å². The number of rotatable bonds is 3. The summed E-state index contributed by atoms with van der Waals surface area (Å²) >= 11 is 0. The quantitative estimate of drug-likeness (QED) is 0.489. The van der Waals surface area contributed by atoms with E-state index >= 15 is 0 Å². The molecule has 0 spiro atoms. The van der Waals surface area contributed by atoms with Crippen molar-refractivity contribution in [3.05, 3.63) is 0 Å². The average molecular weight is 218 g/mol. The molecule has 7 heteroatoms. The maximum absolute atomic E-state index is 10.4. The minimum absolute atomic E-state index is 0. The van der Waals surface area contributed by atoms with Gasteiger partial charge >= 0.3 is 39.9 Å². The molecule has 0 saturated heterocycles. The third-order valence-electron chi connectivity index (χ3n) is 1.94. The number of nitrogens with two attached hydrogens (primary N) is 1. The van der Waals surface area contributed by atoms with Crippen LogP contribution < -0.4 is 10.6 Å². The molecule has 1 fully saturated rings. The molecule has 0 unspecified atom stereocenters. The van der Waals surface area contributed by atoms with Crippen LogP contribution in [0.4, 0.5) is 0 Å². The molecule has 1 aliphatic carbocycles. The monoisotopic (exact) mass is 218 g/mol. The van der Waals surface area contributed by atoms with Crippen molar-refractivity contribution >= 4 is 39.9 Å². The van der Waals surface area contributed by atoms with Crippen molar-refractivity contribution < 1.29 is 12.7 Å². The summed E-state index contributed by atoms with van der Waals surface area (Å²) in [7, 11) is -3.83. The van der Waals surface area contributed by atoms with Crippen molar-refractivity contribution in [1.29, 1.82) is 0 Å². The Kier molecular flexibility index (Phi) is 6.74. The number of nitrogens with one attached hydrogen (secondary N) is 1. The Morgan fingerprint density at radius 2 is 1.77 bits per heavy atom. The fraction of sp³-hybridized carbons (Fsp3) is 1.00. The zero-order valence-electron chi connectivity index (χ0n) is 6.82. The van der Waals surface area contributed by atoms with Gasteiger partial charge in [-0.25, -0.2) is 5.14 Å². The van der Waals surface area contributed by atoms with Gasteiger partial charge in [-0.1, -0.05) is 19.3 Å². The van der Waals surface area contributed by atoms with E-state index < -0.39 is 10.3 Å². The molecule has 1 rings (SSSR count). The van der Waals surface area contributed by atoms with Crippen molar-refractivity contribution in [3.63, 3.8) is 0 Å². The second kappa shape index (κ2) is 6.34. The summed E-state index contributed by atoms with van der Waals surface area (Å²) in [6, 6.07) is 0.136. The van der Waals surface area contributed by atoms with Gasteiger partial charge in [0, 0.05) is 6.04 Å². The van der Waals surface area contributed by atoms with E-state index in [-0.39, 0.29) is 35.6 Å². The summed E-state index contributed by atoms with van der Waals surface area (Å²) in [4.78, 5) is 0. The third kappa shape index (κ3) is 6.84. The van der Waals surface area contributed by atoms with E-state index in [9.17, 15) is 8.42 Å². The molecule has 0 atom stereocenters. The molecule has 0 aromatic rings. The molecule has 74 valence electrons. The van der Waals surface area contributed by atoms with Crippen LogP contribution in [-0.4, -0.2) is 44.0 Å². The van der Waals surface area contributed by atoms with Crippen LogP contribution in [0.5, 0.6) is 0 Å². The number of hydrogen-bond donors (Lipinski definition) is 2. The predicted octanol–water partition coefficient (Wildman–Crippen LogP) is -0.605. The van der Waals surface area contributed by atoms with Crippen LogP contribution in [0, 0.1) is 0 Å². The predicted molar refractivity (Wildman–Crippen MR) is 51.3 cm³/mol. The van der Waals surface area contributed by atoms with Crippen molar-refractivity contribution in [3.8, 4) is 0 Å². The molecule has 0 heterocycles. The fourth-order valence-electron chi connectivity index (χ4n) is 1.36. The first kappa shape index (κ1) is 13.8. The van der Waals surface area contributed by atoms with E-state index in [1.165, 1.54) is 6.42 Å². The molecule has 5 nitrogen and oxygen atoms in total. The van der Waals surface area contributed by atoms with E-state index in [1.54, 1.807) is 0 Å². The van der Waals surface area contributed by atoms with Crippen LogP contribution in [0.15, 0.2) is 0 Å². The summed E-state index contributed by atoms with van der Waals surface area (Å²) < 4.78 is 25.0. The normalized spacial score (nSPS) is 19.5. The summed E-state index contributed by atoms with van der Waals surface area (Å²) in [5, 5.41) is 4.64. The van der Waals surface area contributed by atoms with Crippen molar-refractivity contribution in [1.82, 2.24) is 5.48 Å². The van der Waals surface area contributed by atoms with E-state index in [2.05, 4.69) is 14.9 Å². The molecule has 0 radical (unpaired) electrons. The van der Waals surface area contributed by atoms with Crippen LogP contribution in [0.1, 0.15) is 32.1 Å². The van der Waals surface area contributed by atoms with Crippen LogP contribution in [0.3, 0.4) is 0 Å². The Balaban J connectivity index is 0.00000144. The van der Waals surface area contributed by atoms with E-state index in [0.717, 1.165) is 25.7 Å². The molecule has 0 aromatic heterocycles. The Labute approximate surface area is 101 Å². The Hall–Kier alpha value is 0.830. The first-order valence-electron chi connectivity index (χ1n) is 4.04. The van der Waals surface area contributed by atoms with Gasteiger partial charge in [-0.15, -0.1) is 0 Å². The Bertz CT molecular complexity index is 226. The summed E-state index contributed by atoms with van der Waals surface area (Å²) in [6.07, 6.45) is 5.36. The summed E-state index contributed by atoms with van der Waals surface area (Å²) in [5.41, 5.74) is 2.45. The maximum atomic E-state index is 10.4. The molecule has 1 aliphatic rings.